The zero-order valence-electron chi connectivity index (χ0n) is 11.6. The van der Waals surface area contributed by atoms with E-state index in [1.54, 1.807) is 6.92 Å². The zero-order valence-corrected chi connectivity index (χ0v) is 11.6. The third-order valence-corrected chi connectivity index (χ3v) is 2.39. The van der Waals surface area contributed by atoms with Crippen molar-refractivity contribution >= 4 is 18.0 Å². The van der Waals surface area contributed by atoms with Crippen LogP contribution in [-0.2, 0) is 14.3 Å². The molecule has 0 radical (unpaired) electrons. The van der Waals surface area contributed by atoms with Crippen molar-refractivity contribution in [3.05, 3.63) is 0 Å². The molecule has 110 valence electrons. The number of carboxylic acids is 1. The number of nitrogens with zero attached hydrogens (tertiary/aromatic N) is 1. The number of ether oxygens (including phenoxy) is 1. The lowest BCUT2D eigenvalue weighted by Crippen LogP contribution is -2.45. The third kappa shape index (κ3) is 7.28. The molecule has 0 heterocycles. The number of amides is 2. The molecule has 7 nitrogen and oxygen atoms in total. The first-order chi connectivity index (χ1) is 8.92. The second-order valence-electron chi connectivity index (χ2n) is 4.15. The summed E-state index contributed by atoms with van der Waals surface area (Å²) in [7, 11) is 0. The van der Waals surface area contributed by atoms with Gasteiger partial charge in [-0.2, -0.15) is 0 Å². The number of nitrogens with one attached hydrogen (secondary N) is 1. The lowest BCUT2D eigenvalue weighted by molar-refractivity contribution is -0.144. The maximum atomic E-state index is 11.8. The Kier molecular flexibility index (Phi) is 8.32. The predicted molar refractivity (Wildman–Crippen MR) is 68.7 cm³/mol. The second-order valence-corrected chi connectivity index (χ2v) is 4.15. The fourth-order valence-corrected chi connectivity index (χ4v) is 1.32. The highest BCUT2D eigenvalue weighted by Gasteiger charge is 2.19. The fourth-order valence-electron chi connectivity index (χ4n) is 1.32. The smallest absolute Gasteiger partial charge is 0.325 e. The third-order valence-electron chi connectivity index (χ3n) is 2.39. The maximum absolute atomic E-state index is 11.8. The molecule has 0 aliphatic heterocycles. The van der Waals surface area contributed by atoms with E-state index in [2.05, 4.69) is 5.32 Å². The quantitative estimate of drug-likeness (QED) is 0.635. The lowest BCUT2D eigenvalue weighted by atomic mass is 10.2. The van der Waals surface area contributed by atoms with Crippen molar-refractivity contribution in [1.29, 1.82) is 0 Å². The van der Waals surface area contributed by atoms with Crippen LogP contribution < -0.4 is 5.32 Å². The summed E-state index contributed by atoms with van der Waals surface area (Å²) in [5.74, 6) is -2.12. The van der Waals surface area contributed by atoms with Crippen LogP contribution in [0.25, 0.3) is 0 Å². The number of aliphatic carboxylic acids is 1. The molecule has 0 aliphatic carbocycles. The molecule has 0 aliphatic rings. The molecule has 1 atom stereocenters. The number of carbonyl (C=O) groups excluding carboxylic acids is 2. The molecule has 0 saturated carbocycles. The van der Waals surface area contributed by atoms with Gasteiger partial charge in [-0.1, -0.05) is 13.8 Å². The van der Waals surface area contributed by atoms with Gasteiger partial charge in [-0.3, -0.25) is 9.59 Å². The Morgan fingerprint density at radius 3 is 2.42 bits per heavy atom. The summed E-state index contributed by atoms with van der Waals surface area (Å²) >= 11 is 0. The summed E-state index contributed by atoms with van der Waals surface area (Å²) in [5, 5.41) is 11.2. The van der Waals surface area contributed by atoms with Gasteiger partial charge in [0, 0.05) is 13.1 Å². The number of urea groups is 1. The topological polar surface area (TPSA) is 95.9 Å². The van der Waals surface area contributed by atoms with E-state index in [0.717, 1.165) is 0 Å². The van der Waals surface area contributed by atoms with E-state index in [4.69, 9.17) is 9.84 Å². The summed E-state index contributed by atoms with van der Waals surface area (Å²) < 4.78 is 4.78. The van der Waals surface area contributed by atoms with E-state index < -0.39 is 23.9 Å². The van der Waals surface area contributed by atoms with Gasteiger partial charge in [-0.05, 0) is 13.3 Å². The van der Waals surface area contributed by atoms with Crippen molar-refractivity contribution in [2.45, 2.75) is 27.2 Å². The highest BCUT2D eigenvalue weighted by molar-refractivity contribution is 5.81. The number of carbonyl (C=O) groups is 3. The van der Waals surface area contributed by atoms with Crippen molar-refractivity contribution in [3.63, 3.8) is 0 Å². The predicted octanol–water partition coefficient (Wildman–Crippen LogP) is 0.692. The summed E-state index contributed by atoms with van der Waals surface area (Å²) in [4.78, 5) is 35.1. The second kappa shape index (κ2) is 9.18. The normalized spacial score (nSPS) is 11.5. The molecular formula is C12H22N2O5. The zero-order chi connectivity index (χ0) is 14.8. The van der Waals surface area contributed by atoms with Gasteiger partial charge in [-0.25, -0.2) is 4.79 Å². The maximum Gasteiger partial charge on any atom is 0.325 e. The summed E-state index contributed by atoms with van der Waals surface area (Å²) in [6.07, 6.45) is 0.696. The minimum Gasteiger partial charge on any atom is -0.481 e. The Hall–Kier alpha value is -1.79. The Morgan fingerprint density at radius 1 is 1.32 bits per heavy atom. The Bertz CT molecular complexity index is 319. The Balaban J connectivity index is 4.32. The molecule has 2 N–H and O–H groups in total. The first kappa shape index (κ1) is 17.2. The molecule has 0 rings (SSSR count). The molecular weight excluding hydrogens is 252 g/mol. The number of hydrogen-bond donors (Lipinski definition) is 2. The molecule has 0 bridgehead atoms. The van der Waals surface area contributed by atoms with E-state index in [9.17, 15) is 14.4 Å². The SMILES string of the molecule is CCCN(CC(=O)OCC)C(=O)NCC(C)C(=O)O. The molecule has 0 aromatic heterocycles. The van der Waals surface area contributed by atoms with Gasteiger partial charge in [0.15, 0.2) is 0 Å². The van der Waals surface area contributed by atoms with Gasteiger partial charge in [-0.15, -0.1) is 0 Å². The summed E-state index contributed by atoms with van der Waals surface area (Å²) in [5.41, 5.74) is 0. The molecule has 2 amide bonds. The summed E-state index contributed by atoms with van der Waals surface area (Å²) in [6, 6.07) is -0.456. The monoisotopic (exact) mass is 274 g/mol. The standard InChI is InChI=1S/C12H22N2O5/c1-4-6-14(8-10(15)19-5-2)12(18)13-7-9(3)11(16)17/h9H,4-8H2,1-3H3,(H,13,18)(H,16,17). The van der Waals surface area contributed by atoms with E-state index in [1.165, 1.54) is 11.8 Å². The molecule has 0 aromatic carbocycles. The Morgan fingerprint density at radius 2 is 1.95 bits per heavy atom. The Labute approximate surface area is 112 Å². The molecule has 0 fully saturated rings. The van der Waals surface area contributed by atoms with Gasteiger partial charge in [0.25, 0.3) is 0 Å². The van der Waals surface area contributed by atoms with Crippen LogP contribution in [-0.4, -0.2) is 54.2 Å². The average Bonchev–Trinajstić information content (AvgIpc) is 2.35. The van der Waals surface area contributed by atoms with Crippen LogP contribution in [0.2, 0.25) is 0 Å². The van der Waals surface area contributed by atoms with E-state index in [1.807, 2.05) is 6.92 Å². The van der Waals surface area contributed by atoms with Gasteiger partial charge >= 0.3 is 18.0 Å². The van der Waals surface area contributed by atoms with Crippen LogP contribution in [0.1, 0.15) is 27.2 Å². The highest BCUT2D eigenvalue weighted by Crippen LogP contribution is 1.97. The first-order valence-corrected chi connectivity index (χ1v) is 6.33. The lowest BCUT2D eigenvalue weighted by Gasteiger charge is -2.22. The van der Waals surface area contributed by atoms with Crippen molar-refractivity contribution in [3.8, 4) is 0 Å². The van der Waals surface area contributed by atoms with Crippen LogP contribution in [0.3, 0.4) is 0 Å². The first-order valence-electron chi connectivity index (χ1n) is 6.33. The average molecular weight is 274 g/mol. The minimum atomic E-state index is -0.979. The number of rotatable bonds is 8. The van der Waals surface area contributed by atoms with Gasteiger partial charge in [0.1, 0.15) is 6.54 Å². The van der Waals surface area contributed by atoms with Gasteiger partial charge in [0.2, 0.25) is 0 Å². The van der Waals surface area contributed by atoms with E-state index >= 15 is 0 Å². The van der Waals surface area contributed by atoms with Crippen LogP contribution in [0.15, 0.2) is 0 Å². The van der Waals surface area contributed by atoms with Crippen molar-refractivity contribution < 1.29 is 24.2 Å². The molecule has 1 unspecified atom stereocenters. The fraction of sp³-hybridized carbons (Fsp3) is 0.750. The number of carboxylic acid groups (broad SMARTS) is 1. The van der Waals surface area contributed by atoms with Gasteiger partial charge < -0.3 is 20.1 Å². The van der Waals surface area contributed by atoms with Crippen molar-refractivity contribution in [1.82, 2.24) is 10.2 Å². The van der Waals surface area contributed by atoms with Crippen LogP contribution in [0, 0.1) is 5.92 Å². The molecule has 0 spiro atoms. The minimum absolute atomic E-state index is 0.0250. The molecule has 0 aromatic rings. The van der Waals surface area contributed by atoms with Crippen molar-refractivity contribution in [2.75, 3.05) is 26.2 Å². The van der Waals surface area contributed by atoms with E-state index in [0.29, 0.717) is 13.0 Å². The van der Waals surface area contributed by atoms with Crippen LogP contribution in [0.4, 0.5) is 4.79 Å². The van der Waals surface area contributed by atoms with E-state index in [-0.39, 0.29) is 19.7 Å². The van der Waals surface area contributed by atoms with Crippen molar-refractivity contribution in [2.24, 2.45) is 5.92 Å². The number of hydrogen-bond acceptors (Lipinski definition) is 4. The van der Waals surface area contributed by atoms with Gasteiger partial charge in [0.05, 0.1) is 12.5 Å². The molecule has 0 saturated heterocycles. The summed E-state index contributed by atoms with van der Waals surface area (Å²) in [6.45, 7) is 5.63. The largest absolute Gasteiger partial charge is 0.481 e. The highest BCUT2D eigenvalue weighted by atomic mass is 16.5. The van der Waals surface area contributed by atoms with Crippen LogP contribution in [0.5, 0.6) is 0 Å². The van der Waals surface area contributed by atoms with Crippen LogP contribution >= 0.6 is 0 Å². The molecule has 19 heavy (non-hydrogen) atoms. The number of esters is 1. The molecule has 7 heteroatoms.